The number of methoxy groups -OCH3 is 1. The highest BCUT2D eigenvalue weighted by atomic mass is 16.5. The minimum absolute atomic E-state index is 0.211. The van der Waals surface area contributed by atoms with Crippen LogP contribution in [0.4, 0.5) is 10.5 Å². The van der Waals surface area contributed by atoms with Gasteiger partial charge in [0, 0.05) is 11.3 Å². The van der Waals surface area contributed by atoms with Crippen molar-refractivity contribution >= 4 is 17.3 Å². The van der Waals surface area contributed by atoms with Gasteiger partial charge < -0.3 is 14.6 Å². The van der Waals surface area contributed by atoms with Gasteiger partial charge in [0.05, 0.1) is 24.4 Å². The number of carbonyl (C=O) groups is 1. The van der Waals surface area contributed by atoms with Crippen LogP contribution in [0.1, 0.15) is 42.5 Å². The highest BCUT2D eigenvalue weighted by Crippen LogP contribution is 2.39. The number of nitrogens with one attached hydrogen (secondary N) is 1. The molecule has 0 saturated carbocycles. The number of nitrogens with zero attached hydrogens (tertiary/aromatic N) is 3. The largest absolute Gasteiger partial charge is 0.497 e. The van der Waals surface area contributed by atoms with Crippen LogP contribution < -0.4 is 15.0 Å². The van der Waals surface area contributed by atoms with Gasteiger partial charge in [0.2, 0.25) is 5.82 Å². The Labute approximate surface area is 210 Å². The third kappa shape index (κ3) is 4.35. The lowest BCUT2D eigenvalue weighted by molar-refractivity contribution is 0.244. The fraction of sp³-hybridized carbons (Fsp3) is 0.207. The monoisotopic (exact) mass is 480 g/mol. The Hall–Kier alpha value is -4.39. The smallest absolute Gasteiger partial charge is 0.326 e. The number of carbonyl (C=O) groups excluding carboxylic acids is 1. The van der Waals surface area contributed by atoms with Gasteiger partial charge in [-0.3, -0.25) is 4.90 Å². The van der Waals surface area contributed by atoms with Crippen LogP contribution in [0, 0.1) is 6.92 Å². The zero-order valence-corrected chi connectivity index (χ0v) is 20.8. The molecular weight excluding hydrogens is 452 g/mol. The Morgan fingerprint density at radius 3 is 2.47 bits per heavy atom. The Bertz CT molecular complexity index is 1420. The number of hydrogen-bond acceptors (Lipinski definition) is 5. The first kappa shape index (κ1) is 23.4. The maximum absolute atomic E-state index is 13.4. The molecule has 2 heterocycles. The molecule has 7 nitrogen and oxygen atoms in total. The molecule has 3 aromatic carbocycles. The molecule has 0 aliphatic carbocycles. The van der Waals surface area contributed by atoms with Gasteiger partial charge in [-0.05, 0) is 55.7 Å². The number of anilines is 1. The number of aryl methyl sites for hydroxylation is 2. The van der Waals surface area contributed by atoms with Crippen LogP contribution in [0.25, 0.3) is 17.0 Å². The molecule has 0 radical (unpaired) electrons. The van der Waals surface area contributed by atoms with E-state index in [-0.39, 0.29) is 6.03 Å². The molecule has 1 unspecified atom stereocenters. The van der Waals surface area contributed by atoms with Crippen LogP contribution in [0.15, 0.2) is 83.0 Å². The Morgan fingerprint density at radius 1 is 1.03 bits per heavy atom. The van der Waals surface area contributed by atoms with Gasteiger partial charge in [0.15, 0.2) is 0 Å². The van der Waals surface area contributed by atoms with E-state index in [0.29, 0.717) is 17.5 Å². The Balaban J connectivity index is 1.63. The highest BCUT2D eigenvalue weighted by molar-refractivity contribution is 6.01. The number of allylic oxidation sites excluding steroid dienone is 1. The molecule has 0 bridgehead atoms. The van der Waals surface area contributed by atoms with E-state index < -0.39 is 6.04 Å². The van der Waals surface area contributed by atoms with Crippen LogP contribution >= 0.6 is 0 Å². The minimum atomic E-state index is -0.441. The normalized spacial score (nSPS) is 15.7. The minimum Gasteiger partial charge on any atom is -0.497 e. The summed E-state index contributed by atoms with van der Waals surface area (Å²) in [7, 11) is 1.62. The first-order valence-electron chi connectivity index (χ1n) is 11.9. The lowest BCUT2D eigenvalue weighted by atomic mass is 9.93. The topological polar surface area (TPSA) is 80.5 Å². The second kappa shape index (κ2) is 9.70. The number of hydrogen-bond donors (Lipinski definition) is 1. The first-order valence-corrected chi connectivity index (χ1v) is 11.9. The summed E-state index contributed by atoms with van der Waals surface area (Å²) in [6, 6.07) is 22.9. The van der Waals surface area contributed by atoms with Gasteiger partial charge in [-0.2, -0.15) is 4.98 Å². The molecule has 1 atom stereocenters. The van der Waals surface area contributed by atoms with Crippen LogP contribution in [-0.4, -0.2) is 23.3 Å². The highest BCUT2D eigenvalue weighted by Gasteiger charge is 2.36. The van der Waals surface area contributed by atoms with Gasteiger partial charge >= 0.3 is 6.03 Å². The number of amides is 2. The van der Waals surface area contributed by atoms with E-state index in [1.54, 1.807) is 12.0 Å². The molecule has 1 aliphatic heterocycles. The molecule has 7 heteroatoms. The molecule has 0 spiro atoms. The Kier molecular flexibility index (Phi) is 6.29. The zero-order chi connectivity index (χ0) is 25.2. The number of ether oxygens (including phenoxy) is 1. The van der Waals surface area contributed by atoms with E-state index in [9.17, 15) is 4.79 Å². The fourth-order valence-electron chi connectivity index (χ4n) is 4.43. The van der Waals surface area contributed by atoms with Gasteiger partial charge in [-0.25, -0.2) is 4.79 Å². The summed E-state index contributed by atoms with van der Waals surface area (Å²) in [4.78, 5) is 19.8. The molecule has 0 saturated heterocycles. The predicted molar refractivity (Wildman–Crippen MR) is 140 cm³/mol. The van der Waals surface area contributed by atoms with Crippen LogP contribution in [0.2, 0.25) is 0 Å². The third-order valence-electron chi connectivity index (χ3n) is 6.48. The number of urea groups is 1. The lowest BCUT2D eigenvalue weighted by Gasteiger charge is -2.35. The van der Waals surface area contributed by atoms with E-state index >= 15 is 0 Å². The molecule has 0 fully saturated rings. The molecule has 182 valence electrons. The number of aromatic nitrogens is 2. The quantitative estimate of drug-likeness (QED) is 0.349. The summed E-state index contributed by atoms with van der Waals surface area (Å²) in [6.07, 6.45) is 0.938. The van der Waals surface area contributed by atoms with Crippen molar-refractivity contribution in [1.29, 1.82) is 0 Å². The number of rotatable bonds is 6. The second-order valence-electron chi connectivity index (χ2n) is 8.80. The van der Waals surface area contributed by atoms with E-state index in [0.717, 1.165) is 40.1 Å². The molecule has 1 N–H and O–H groups in total. The number of benzene rings is 3. The van der Waals surface area contributed by atoms with Crippen molar-refractivity contribution in [1.82, 2.24) is 15.5 Å². The fourth-order valence-corrected chi connectivity index (χ4v) is 4.43. The van der Waals surface area contributed by atoms with E-state index in [2.05, 4.69) is 29.5 Å². The molecule has 1 aliphatic rings. The standard InChI is InChI=1S/C29H28N4O3/c1-5-20-11-13-21(14-12-20)26-25(19(3)33(29(34)30-26)23-15-9-18(2)10-16-23)28-31-27(32-36-28)22-7-6-8-24(17-22)35-4/h6-17,26H,5H2,1-4H3,(H,30,34). The van der Waals surface area contributed by atoms with Crippen LogP contribution in [0.5, 0.6) is 5.75 Å². The van der Waals surface area contributed by atoms with Crippen molar-refractivity contribution in [2.75, 3.05) is 12.0 Å². The van der Waals surface area contributed by atoms with Crippen molar-refractivity contribution in [3.8, 4) is 17.1 Å². The summed E-state index contributed by atoms with van der Waals surface area (Å²) in [5, 5.41) is 7.41. The summed E-state index contributed by atoms with van der Waals surface area (Å²) >= 11 is 0. The second-order valence-corrected chi connectivity index (χ2v) is 8.80. The average molecular weight is 481 g/mol. The molecular formula is C29H28N4O3. The van der Waals surface area contributed by atoms with Gasteiger partial charge in [0.25, 0.3) is 5.89 Å². The van der Waals surface area contributed by atoms with E-state index in [1.807, 2.05) is 74.5 Å². The summed E-state index contributed by atoms with van der Waals surface area (Å²) < 4.78 is 11.1. The van der Waals surface area contributed by atoms with Gasteiger partial charge in [0.1, 0.15) is 5.75 Å². The predicted octanol–water partition coefficient (Wildman–Crippen LogP) is 6.32. The maximum Gasteiger partial charge on any atom is 0.326 e. The lowest BCUT2D eigenvalue weighted by Crippen LogP contribution is -2.46. The van der Waals surface area contributed by atoms with E-state index in [1.165, 1.54) is 5.56 Å². The molecule has 4 aromatic rings. The molecule has 2 amide bonds. The maximum atomic E-state index is 13.4. The average Bonchev–Trinajstić information content (AvgIpc) is 3.39. The zero-order valence-electron chi connectivity index (χ0n) is 20.8. The molecule has 5 rings (SSSR count). The van der Waals surface area contributed by atoms with E-state index in [4.69, 9.17) is 14.2 Å². The van der Waals surface area contributed by atoms with Crippen LogP contribution in [-0.2, 0) is 6.42 Å². The SMILES string of the molecule is CCc1ccc(C2NC(=O)N(c3ccc(C)cc3)C(C)=C2c2nc(-c3cccc(OC)c3)no2)cc1. The molecule has 1 aromatic heterocycles. The third-order valence-corrected chi connectivity index (χ3v) is 6.48. The van der Waals surface area contributed by atoms with Crippen LogP contribution in [0.3, 0.4) is 0 Å². The summed E-state index contributed by atoms with van der Waals surface area (Å²) in [5.41, 5.74) is 6.31. The van der Waals surface area contributed by atoms with Gasteiger partial charge in [-0.1, -0.05) is 66.2 Å². The van der Waals surface area contributed by atoms with Gasteiger partial charge in [-0.15, -0.1) is 0 Å². The van der Waals surface area contributed by atoms with Crippen molar-refractivity contribution < 1.29 is 14.1 Å². The Morgan fingerprint density at radius 2 is 1.78 bits per heavy atom. The van der Waals surface area contributed by atoms with Crippen molar-refractivity contribution in [2.24, 2.45) is 0 Å². The summed E-state index contributed by atoms with van der Waals surface area (Å²) in [5.74, 6) is 1.51. The summed E-state index contributed by atoms with van der Waals surface area (Å²) in [6.45, 7) is 6.05. The molecule has 36 heavy (non-hydrogen) atoms. The van der Waals surface area contributed by atoms with Crippen molar-refractivity contribution in [3.05, 3.63) is 101 Å². The van der Waals surface area contributed by atoms with Crippen molar-refractivity contribution in [2.45, 2.75) is 33.2 Å². The first-order chi connectivity index (χ1) is 17.5. The van der Waals surface area contributed by atoms with Crippen molar-refractivity contribution in [3.63, 3.8) is 0 Å².